The van der Waals surface area contributed by atoms with E-state index in [1.165, 1.54) is 24.3 Å². The van der Waals surface area contributed by atoms with Crippen molar-refractivity contribution in [2.45, 2.75) is 13.0 Å². The molecule has 30 heavy (non-hydrogen) atoms. The Hall–Kier alpha value is -3.51. The molecule has 3 aromatic carbocycles. The number of para-hydroxylation sites is 1. The summed E-state index contributed by atoms with van der Waals surface area (Å²) in [5, 5.41) is 5.66. The molecule has 3 rings (SSSR count). The van der Waals surface area contributed by atoms with Crippen LogP contribution in [0.5, 0.6) is 0 Å². The lowest BCUT2D eigenvalue weighted by Crippen LogP contribution is -2.43. The van der Waals surface area contributed by atoms with Gasteiger partial charge in [0, 0.05) is 16.9 Å². The van der Waals surface area contributed by atoms with E-state index in [1.807, 2.05) is 54.6 Å². The lowest BCUT2D eigenvalue weighted by molar-refractivity contribution is -0.122. The van der Waals surface area contributed by atoms with Gasteiger partial charge in [-0.05, 0) is 49.9 Å². The number of hydrogen-bond acceptors (Lipinski definition) is 3. The zero-order chi connectivity index (χ0) is 21.5. The van der Waals surface area contributed by atoms with Gasteiger partial charge in [0.1, 0.15) is 5.82 Å². The molecule has 0 saturated heterocycles. The summed E-state index contributed by atoms with van der Waals surface area (Å²) in [4.78, 5) is 26.7. The molecule has 2 N–H and O–H groups in total. The fraction of sp³-hybridized carbons (Fsp3) is 0.167. The Bertz CT molecular complexity index is 1010. The summed E-state index contributed by atoms with van der Waals surface area (Å²) in [6.45, 7) is 1.76. The largest absolute Gasteiger partial charge is 0.325 e. The van der Waals surface area contributed by atoms with E-state index in [1.54, 1.807) is 18.9 Å². The van der Waals surface area contributed by atoms with Crippen LogP contribution < -0.4 is 10.6 Å². The van der Waals surface area contributed by atoms with E-state index in [4.69, 9.17) is 0 Å². The van der Waals surface area contributed by atoms with Crippen LogP contribution in [0.15, 0.2) is 78.9 Å². The van der Waals surface area contributed by atoms with Gasteiger partial charge in [-0.15, -0.1) is 0 Å². The number of nitrogens with zero attached hydrogens (tertiary/aromatic N) is 1. The van der Waals surface area contributed by atoms with Gasteiger partial charge in [0.05, 0.1) is 12.6 Å². The third-order valence-electron chi connectivity index (χ3n) is 4.83. The van der Waals surface area contributed by atoms with Gasteiger partial charge < -0.3 is 10.6 Å². The van der Waals surface area contributed by atoms with E-state index in [-0.39, 0.29) is 24.2 Å². The quantitative estimate of drug-likeness (QED) is 0.613. The molecule has 0 heterocycles. The smallest absolute Gasteiger partial charge is 0.241 e. The van der Waals surface area contributed by atoms with Crippen LogP contribution >= 0.6 is 0 Å². The Labute approximate surface area is 175 Å². The molecule has 0 fully saturated rings. The molecular weight excluding hydrogens is 381 g/mol. The number of rotatable bonds is 7. The van der Waals surface area contributed by atoms with Gasteiger partial charge in [0.15, 0.2) is 0 Å². The fourth-order valence-corrected chi connectivity index (χ4v) is 3.00. The van der Waals surface area contributed by atoms with Gasteiger partial charge in [-0.2, -0.15) is 0 Å². The van der Waals surface area contributed by atoms with Gasteiger partial charge >= 0.3 is 0 Å². The van der Waals surface area contributed by atoms with Gasteiger partial charge in [-0.1, -0.05) is 48.5 Å². The first-order chi connectivity index (χ1) is 14.4. The van der Waals surface area contributed by atoms with Crippen molar-refractivity contribution in [3.63, 3.8) is 0 Å². The number of benzene rings is 3. The number of nitrogens with one attached hydrogen (secondary N) is 2. The second-order valence-electron chi connectivity index (χ2n) is 7.05. The van der Waals surface area contributed by atoms with E-state index < -0.39 is 6.04 Å². The fourth-order valence-electron chi connectivity index (χ4n) is 3.00. The number of likely N-dealkylation sites (N-methyl/N-ethyl adjacent to an activating group) is 1. The molecule has 154 valence electrons. The van der Waals surface area contributed by atoms with E-state index in [2.05, 4.69) is 10.6 Å². The third-order valence-corrected chi connectivity index (χ3v) is 4.83. The minimum absolute atomic E-state index is 0.0201. The van der Waals surface area contributed by atoms with Crippen LogP contribution in [0, 0.1) is 5.82 Å². The van der Waals surface area contributed by atoms with Crippen molar-refractivity contribution in [1.82, 2.24) is 4.90 Å². The van der Waals surface area contributed by atoms with Crippen molar-refractivity contribution in [3.8, 4) is 11.1 Å². The van der Waals surface area contributed by atoms with Crippen molar-refractivity contribution in [2.75, 3.05) is 24.2 Å². The van der Waals surface area contributed by atoms with E-state index >= 15 is 0 Å². The number of anilines is 2. The molecule has 0 aromatic heterocycles. The van der Waals surface area contributed by atoms with Crippen molar-refractivity contribution in [2.24, 2.45) is 0 Å². The lowest BCUT2D eigenvalue weighted by Gasteiger charge is -2.24. The lowest BCUT2D eigenvalue weighted by atomic mass is 10.0. The van der Waals surface area contributed by atoms with Crippen molar-refractivity contribution in [1.29, 1.82) is 0 Å². The molecule has 0 aliphatic rings. The first kappa shape index (κ1) is 21.2. The minimum Gasteiger partial charge on any atom is -0.325 e. The molecule has 0 unspecified atom stereocenters. The average molecular weight is 405 g/mol. The summed E-state index contributed by atoms with van der Waals surface area (Å²) in [5.41, 5.74) is 3.15. The zero-order valence-corrected chi connectivity index (χ0v) is 16.9. The van der Waals surface area contributed by atoms with Crippen molar-refractivity contribution in [3.05, 3.63) is 84.7 Å². The highest BCUT2D eigenvalue weighted by molar-refractivity contribution is 5.99. The standard InChI is InChI=1S/C24H24FN3O2/c1-17(28(2)16-23(29)26-20-14-12-19(25)13-15-20)24(30)27-22-11-7-6-10-21(22)18-8-4-3-5-9-18/h3-15,17H,16H2,1-2H3,(H,26,29)(H,27,30)/t17-/m1/s1. The summed E-state index contributed by atoms with van der Waals surface area (Å²) < 4.78 is 13.0. The van der Waals surface area contributed by atoms with Crippen LogP contribution in [0.1, 0.15) is 6.92 Å². The molecule has 2 amide bonds. The van der Waals surface area contributed by atoms with E-state index in [0.29, 0.717) is 11.4 Å². The maximum Gasteiger partial charge on any atom is 0.241 e. The monoisotopic (exact) mass is 405 g/mol. The molecule has 1 atom stereocenters. The average Bonchev–Trinajstić information content (AvgIpc) is 2.75. The molecule has 0 spiro atoms. The second kappa shape index (κ2) is 9.80. The number of halogens is 1. The summed E-state index contributed by atoms with van der Waals surface area (Å²) in [6, 6.07) is 22.4. The number of hydrogen-bond donors (Lipinski definition) is 2. The number of carbonyl (C=O) groups is 2. The maximum atomic E-state index is 13.0. The minimum atomic E-state index is -0.534. The highest BCUT2D eigenvalue weighted by Gasteiger charge is 2.21. The Morgan fingerprint density at radius 3 is 2.23 bits per heavy atom. The summed E-state index contributed by atoms with van der Waals surface area (Å²) in [5.74, 6) is -0.866. The van der Waals surface area contributed by atoms with Crippen LogP contribution in [0.4, 0.5) is 15.8 Å². The molecule has 5 nitrogen and oxygen atoms in total. The Balaban J connectivity index is 1.62. The van der Waals surface area contributed by atoms with Crippen molar-refractivity contribution < 1.29 is 14.0 Å². The first-order valence-corrected chi connectivity index (χ1v) is 9.65. The SMILES string of the molecule is C[C@H](C(=O)Nc1ccccc1-c1ccccc1)N(C)CC(=O)Nc1ccc(F)cc1. The van der Waals surface area contributed by atoms with Gasteiger partial charge in [0.25, 0.3) is 0 Å². The summed E-state index contributed by atoms with van der Waals surface area (Å²) in [6.07, 6.45) is 0. The van der Waals surface area contributed by atoms with Crippen LogP contribution in [-0.4, -0.2) is 36.3 Å². The maximum absolute atomic E-state index is 13.0. The summed E-state index contributed by atoms with van der Waals surface area (Å²) in [7, 11) is 1.71. The molecular formula is C24H24FN3O2. The Morgan fingerprint density at radius 1 is 0.900 bits per heavy atom. The predicted octanol–water partition coefficient (Wildman–Crippen LogP) is 4.39. The topological polar surface area (TPSA) is 61.4 Å². The molecule has 0 saturated carbocycles. The third kappa shape index (κ3) is 5.52. The second-order valence-corrected chi connectivity index (χ2v) is 7.05. The highest BCUT2D eigenvalue weighted by atomic mass is 19.1. The molecule has 0 radical (unpaired) electrons. The number of carbonyl (C=O) groups excluding carboxylic acids is 2. The highest BCUT2D eigenvalue weighted by Crippen LogP contribution is 2.27. The van der Waals surface area contributed by atoms with Crippen LogP contribution in [0.2, 0.25) is 0 Å². The van der Waals surface area contributed by atoms with Crippen LogP contribution in [-0.2, 0) is 9.59 Å². The van der Waals surface area contributed by atoms with Gasteiger partial charge in [0.2, 0.25) is 11.8 Å². The summed E-state index contributed by atoms with van der Waals surface area (Å²) >= 11 is 0. The molecule has 0 aliphatic heterocycles. The van der Waals surface area contributed by atoms with Gasteiger partial charge in [-0.25, -0.2) is 4.39 Å². The zero-order valence-electron chi connectivity index (χ0n) is 16.9. The van der Waals surface area contributed by atoms with Crippen LogP contribution in [0.25, 0.3) is 11.1 Å². The molecule has 3 aromatic rings. The van der Waals surface area contributed by atoms with E-state index in [9.17, 15) is 14.0 Å². The number of amides is 2. The van der Waals surface area contributed by atoms with E-state index in [0.717, 1.165) is 11.1 Å². The molecule has 0 aliphatic carbocycles. The Morgan fingerprint density at radius 2 is 1.53 bits per heavy atom. The normalized spacial score (nSPS) is 11.7. The molecule has 6 heteroatoms. The molecule has 0 bridgehead atoms. The predicted molar refractivity (Wildman–Crippen MR) is 118 cm³/mol. The Kier molecular flexibility index (Phi) is 6.93. The van der Waals surface area contributed by atoms with Gasteiger partial charge in [-0.3, -0.25) is 14.5 Å². The first-order valence-electron chi connectivity index (χ1n) is 9.65. The van der Waals surface area contributed by atoms with Crippen molar-refractivity contribution >= 4 is 23.2 Å². The van der Waals surface area contributed by atoms with Crippen LogP contribution in [0.3, 0.4) is 0 Å².